The SMILES string of the molecule is O=C(C#CCCCCN1CCOCC1)Oc1ccc2ncnc(Nc3cc4nn(Cc5ccccc5)cc4c4ccccc34)c2c1. The van der Waals surface area contributed by atoms with Crippen molar-refractivity contribution in [3.8, 4) is 17.6 Å². The average Bonchev–Trinajstić information content (AvgIpc) is 3.50. The zero-order valence-electron chi connectivity index (χ0n) is 25.5. The first-order valence-electron chi connectivity index (χ1n) is 15.6. The highest BCUT2D eigenvalue weighted by atomic mass is 16.5. The summed E-state index contributed by atoms with van der Waals surface area (Å²) in [6.07, 6.45) is 6.26. The van der Waals surface area contributed by atoms with E-state index >= 15 is 0 Å². The second-order valence-electron chi connectivity index (χ2n) is 11.3. The Morgan fingerprint density at radius 2 is 1.70 bits per heavy atom. The number of ether oxygens (including phenoxy) is 2. The summed E-state index contributed by atoms with van der Waals surface area (Å²) < 4.78 is 12.9. The van der Waals surface area contributed by atoms with Gasteiger partial charge in [0.2, 0.25) is 0 Å². The number of unbranched alkanes of at least 4 members (excludes halogenated alkanes) is 2. The van der Waals surface area contributed by atoms with Crippen LogP contribution < -0.4 is 10.1 Å². The maximum absolute atomic E-state index is 12.5. The molecule has 4 aromatic carbocycles. The fourth-order valence-corrected chi connectivity index (χ4v) is 5.84. The van der Waals surface area contributed by atoms with Crippen LogP contribution in [-0.2, 0) is 16.1 Å². The summed E-state index contributed by atoms with van der Waals surface area (Å²) in [5.41, 5.74) is 3.66. The fraction of sp³-hybridized carbons (Fsp3) is 0.243. The van der Waals surface area contributed by atoms with Crippen molar-refractivity contribution in [2.75, 3.05) is 38.2 Å². The van der Waals surface area contributed by atoms with Crippen LogP contribution in [0.25, 0.3) is 32.6 Å². The summed E-state index contributed by atoms with van der Waals surface area (Å²) in [5, 5.41) is 12.4. The molecule has 6 aromatic rings. The van der Waals surface area contributed by atoms with Crippen molar-refractivity contribution in [2.45, 2.75) is 25.8 Å². The van der Waals surface area contributed by atoms with Crippen LogP contribution in [0.1, 0.15) is 24.8 Å². The number of carbonyl (C=O) groups excluding carboxylic acids is 1. The number of benzene rings is 4. The normalized spacial score (nSPS) is 13.5. The summed E-state index contributed by atoms with van der Waals surface area (Å²) in [7, 11) is 0. The van der Waals surface area contributed by atoms with E-state index in [0.717, 1.165) is 84.0 Å². The van der Waals surface area contributed by atoms with Crippen LogP contribution in [0.4, 0.5) is 11.5 Å². The van der Waals surface area contributed by atoms with Crippen LogP contribution >= 0.6 is 0 Å². The van der Waals surface area contributed by atoms with Gasteiger partial charge in [-0.25, -0.2) is 14.8 Å². The molecule has 0 unspecified atom stereocenters. The van der Waals surface area contributed by atoms with Gasteiger partial charge < -0.3 is 14.8 Å². The molecule has 0 atom stereocenters. The predicted molar refractivity (Wildman–Crippen MR) is 180 cm³/mol. The molecule has 2 aromatic heterocycles. The summed E-state index contributed by atoms with van der Waals surface area (Å²) >= 11 is 0. The largest absolute Gasteiger partial charge is 0.417 e. The number of carbonyl (C=O) groups is 1. The second kappa shape index (κ2) is 13.8. The van der Waals surface area contributed by atoms with E-state index in [4.69, 9.17) is 14.6 Å². The van der Waals surface area contributed by atoms with Crippen molar-refractivity contribution in [1.82, 2.24) is 24.6 Å². The number of rotatable bonds is 9. The molecular weight excluding hydrogens is 576 g/mol. The highest BCUT2D eigenvalue weighted by molar-refractivity contribution is 6.12. The fourth-order valence-electron chi connectivity index (χ4n) is 5.84. The van der Waals surface area contributed by atoms with Gasteiger partial charge in [-0.05, 0) is 54.6 Å². The Labute approximate surface area is 267 Å². The van der Waals surface area contributed by atoms with Gasteiger partial charge in [-0.2, -0.15) is 5.10 Å². The van der Waals surface area contributed by atoms with Crippen LogP contribution in [-0.4, -0.2) is 63.5 Å². The molecule has 1 N–H and O–H groups in total. The van der Waals surface area contributed by atoms with Gasteiger partial charge in [-0.15, -0.1) is 0 Å². The topological polar surface area (TPSA) is 94.4 Å². The Morgan fingerprint density at radius 1 is 0.870 bits per heavy atom. The van der Waals surface area contributed by atoms with E-state index in [-0.39, 0.29) is 0 Å². The summed E-state index contributed by atoms with van der Waals surface area (Å²) in [6.45, 7) is 5.30. The molecule has 3 heterocycles. The number of anilines is 2. The molecule has 1 aliphatic heterocycles. The zero-order chi connectivity index (χ0) is 31.1. The van der Waals surface area contributed by atoms with Crippen molar-refractivity contribution in [1.29, 1.82) is 0 Å². The van der Waals surface area contributed by atoms with Gasteiger partial charge in [-0.3, -0.25) is 9.58 Å². The lowest BCUT2D eigenvalue weighted by molar-refractivity contribution is -0.128. The second-order valence-corrected chi connectivity index (χ2v) is 11.3. The van der Waals surface area contributed by atoms with E-state index in [1.54, 1.807) is 12.1 Å². The quantitative estimate of drug-likeness (QED) is 0.0667. The first kappa shape index (κ1) is 29.4. The van der Waals surface area contributed by atoms with Gasteiger partial charge in [0, 0.05) is 53.5 Å². The predicted octanol–water partition coefficient (Wildman–Crippen LogP) is 6.34. The molecule has 0 bridgehead atoms. The third-order valence-corrected chi connectivity index (χ3v) is 8.16. The Balaban J connectivity index is 1.08. The number of morpholine rings is 1. The molecule has 9 heteroatoms. The summed E-state index contributed by atoms with van der Waals surface area (Å²) in [6, 6.07) is 25.9. The van der Waals surface area contributed by atoms with Crippen LogP contribution in [0, 0.1) is 11.8 Å². The maximum atomic E-state index is 12.5. The van der Waals surface area contributed by atoms with Crippen molar-refractivity contribution in [3.05, 3.63) is 97.0 Å². The van der Waals surface area contributed by atoms with E-state index in [1.807, 2.05) is 47.1 Å². The minimum atomic E-state index is -0.582. The van der Waals surface area contributed by atoms with Crippen LogP contribution in [0.15, 0.2) is 91.4 Å². The molecule has 7 rings (SSSR count). The molecule has 0 spiro atoms. The lowest BCUT2D eigenvalue weighted by Crippen LogP contribution is -2.36. The Hall–Kier alpha value is -5.30. The van der Waals surface area contributed by atoms with Crippen molar-refractivity contribution < 1.29 is 14.3 Å². The number of fused-ring (bicyclic) bond motifs is 4. The molecule has 1 saturated heterocycles. The Bertz CT molecular complexity index is 2060. The van der Waals surface area contributed by atoms with E-state index in [2.05, 4.69) is 62.5 Å². The van der Waals surface area contributed by atoms with Gasteiger partial charge in [0.05, 0.1) is 30.8 Å². The Kier molecular flexibility index (Phi) is 8.81. The molecule has 0 saturated carbocycles. The van der Waals surface area contributed by atoms with Gasteiger partial charge >= 0.3 is 5.97 Å². The summed E-state index contributed by atoms with van der Waals surface area (Å²) in [4.78, 5) is 23.9. The third-order valence-electron chi connectivity index (χ3n) is 8.16. The third kappa shape index (κ3) is 6.84. The zero-order valence-corrected chi connectivity index (χ0v) is 25.5. The van der Waals surface area contributed by atoms with E-state index in [0.29, 0.717) is 24.5 Å². The maximum Gasteiger partial charge on any atom is 0.389 e. The molecule has 1 aliphatic rings. The number of esters is 1. The molecule has 1 fully saturated rings. The highest BCUT2D eigenvalue weighted by Gasteiger charge is 2.14. The van der Waals surface area contributed by atoms with E-state index < -0.39 is 5.97 Å². The monoisotopic (exact) mass is 610 g/mol. The van der Waals surface area contributed by atoms with Gasteiger partial charge in [0.15, 0.2) is 0 Å². The van der Waals surface area contributed by atoms with Gasteiger partial charge in [0.25, 0.3) is 0 Å². The lowest BCUT2D eigenvalue weighted by atomic mass is 10.0. The molecule has 9 nitrogen and oxygen atoms in total. The smallest absolute Gasteiger partial charge is 0.389 e. The number of aromatic nitrogens is 4. The number of hydrogen-bond donors (Lipinski definition) is 1. The van der Waals surface area contributed by atoms with Crippen molar-refractivity contribution in [2.24, 2.45) is 0 Å². The first-order chi connectivity index (χ1) is 22.7. The molecule has 0 radical (unpaired) electrons. The molecule has 230 valence electrons. The van der Waals surface area contributed by atoms with Gasteiger partial charge in [-0.1, -0.05) is 60.5 Å². The number of nitrogens with one attached hydrogen (secondary N) is 1. The summed E-state index contributed by atoms with van der Waals surface area (Å²) in [5.74, 6) is 5.99. The standard InChI is InChI=1S/C37H34N6O3/c44-36(14-6-1-2-9-17-42-18-20-45-21-19-42)46-28-15-16-33-31(22-28)37(39-26-38-33)40-34-23-35-32(29-12-7-8-13-30(29)34)25-43(41-35)24-27-10-4-3-5-11-27/h3-5,7-8,10-13,15-16,22-23,25-26H,1-2,9,17-21,24H2,(H,38,39,40). The number of nitrogens with zero attached hydrogens (tertiary/aromatic N) is 5. The van der Waals surface area contributed by atoms with Crippen molar-refractivity contribution >= 4 is 50.1 Å². The first-order valence-corrected chi connectivity index (χ1v) is 15.6. The Morgan fingerprint density at radius 3 is 2.57 bits per heavy atom. The van der Waals surface area contributed by atoms with Crippen LogP contribution in [0.3, 0.4) is 0 Å². The van der Waals surface area contributed by atoms with Crippen LogP contribution in [0.2, 0.25) is 0 Å². The minimum absolute atomic E-state index is 0.386. The van der Waals surface area contributed by atoms with Gasteiger partial charge in [0.1, 0.15) is 17.9 Å². The molecule has 0 aliphatic carbocycles. The molecule has 0 amide bonds. The lowest BCUT2D eigenvalue weighted by Gasteiger charge is -2.26. The highest BCUT2D eigenvalue weighted by Crippen LogP contribution is 2.35. The van der Waals surface area contributed by atoms with Crippen molar-refractivity contribution in [3.63, 3.8) is 0 Å². The minimum Gasteiger partial charge on any atom is -0.417 e. The van der Waals surface area contributed by atoms with Crippen LogP contribution in [0.5, 0.6) is 5.75 Å². The average molecular weight is 611 g/mol. The van der Waals surface area contributed by atoms with E-state index in [9.17, 15) is 4.79 Å². The molecule has 46 heavy (non-hydrogen) atoms. The van der Waals surface area contributed by atoms with E-state index in [1.165, 1.54) is 11.9 Å². The number of hydrogen-bond acceptors (Lipinski definition) is 8. The molecular formula is C37H34N6O3.